The molecule has 0 unspecified atom stereocenters. The summed E-state index contributed by atoms with van der Waals surface area (Å²) in [5.74, 6) is 0.659. The fourth-order valence-corrected chi connectivity index (χ4v) is 2.27. The van der Waals surface area contributed by atoms with E-state index in [-0.39, 0.29) is 0 Å². The monoisotopic (exact) mass is 255 g/mol. The van der Waals surface area contributed by atoms with E-state index in [1.165, 1.54) is 4.90 Å². The Morgan fingerprint density at radius 2 is 2.16 bits per heavy atom. The molecule has 0 atom stereocenters. The standard InChI is InChI=1S/C13H13N5O/c14-13(19)18-5-1-2-9-6-10(7-17-12(9)18)11-8-15-3-4-16-11/h3-4,6-8H,1-2,5H2,(H2,14,19). The molecule has 0 radical (unpaired) electrons. The first-order chi connectivity index (χ1) is 9.25. The zero-order chi connectivity index (χ0) is 13.2. The zero-order valence-electron chi connectivity index (χ0n) is 10.3. The van der Waals surface area contributed by atoms with Crippen LogP contribution in [0.25, 0.3) is 11.3 Å². The fourth-order valence-electron chi connectivity index (χ4n) is 2.27. The van der Waals surface area contributed by atoms with E-state index >= 15 is 0 Å². The first kappa shape index (κ1) is 11.6. The van der Waals surface area contributed by atoms with Crippen molar-refractivity contribution in [1.29, 1.82) is 0 Å². The second-order valence-corrected chi connectivity index (χ2v) is 4.39. The van der Waals surface area contributed by atoms with Crippen molar-refractivity contribution in [3.05, 3.63) is 36.4 Å². The lowest BCUT2D eigenvalue weighted by Gasteiger charge is -2.26. The molecule has 3 rings (SSSR count). The molecule has 2 aromatic heterocycles. The Kier molecular flexibility index (Phi) is 2.83. The van der Waals surface area contributed by atoms with Crippen molar-refractivity contribution in [1.82, 2.24) is 15.0 Å². The quantitative estimate of drug-likeness (QED) is 0.834. The minimum absolute atomic E-state index is 0.458. The maximum Gasteiger partial charge on any atom is 0.320 e. The Morgan fingerprint density at radius 3 is 2.89 bits per heavy atom. The summed E-state index contributed by atoms with van der Waals surface area (Å²) in [7, 11) is 0. The number of amides is 2. The molecule has 6 heteroatoms. The van der Waals surface area contributed by atoms with E-state index in [2.05, 4.69) is 15.0 Å². The van der Waals surface area contributed by atoms with E-state index in [4.69, 9.17) is 5.73 Å². The number of fused-ring (bicyclic) bond motifs is 1. The van der Waals surface area contributed by atoms with E-state index < -0.39 is 6.03 Å². The summed E-state index contributed by atoms with van der Waals surface area (Å²) in [6, 6.07) is 1.54. The molecular formula is C13H13N5O. The second-order valence-electron chi connectivity index (χ2n) is 4.39. The highest BCUT2D eigenvalue weighted by atomic mass is 16.2. The Hall–Kier alpha value is -2.50. The Bertz CT molecular complexity index is 614. The number of urea groups is 1. The first-order valence-corrected chi connectivity index (χ1v) is 6.08. The lowest BCUT2D eigenvalue weighted by atomic mass is 10.0. The molecular weight excluding hydrogens is 242 g/mol. The summed E-state index contributed by atoms with van der Waals surface area (Å²) in [4.78, 5) is 25.5. The highest BCUT2D eigenvalue weighted by Crippen LogP contribution is 2.28. The van der Waals surface area contributed by atoms with Gasteiger partial charge in [-0.3, -0.25) is 14.9 Å². The number of nitrogens with zero attached hydrogens (tertiary/aromatic N) is 4. The number of anilines is 1. The molecule has 0 spiro atoms. The number of primary amides is 1. The van der Waals surface area contributed by atoms with E-state index in [1.54, 1.807) is 24.8 Å². The van der Waals surface area contributed by atoms with Crippen molar-refractivity contribution < 1.29 is 4.79 Å². The fraction of sp³-hybridized carbons (Fsp3) is 0.231. The van der Waals surface area contributed by atoms with Crippen LogP contribution in [0, 0.1) is 0 Å². The van der Waals surface area contributed by atoms with E-state index in [0.717, 1.165) is 29.7 Å². The van der Waals surface area contributed by atoms with Crippen LogP contribution in [0.15, 0.2) is 30.9 Å². The molecule has 0 saturated heterocycles. The van der Waals surface area contributed by atoms with Crippen LogP contribution in [0.4, 0.5) is 10.6 Å². The molecule has 1 aliphatic rings. The van der Waals surface area contributed by atoms with E-state index in [9.17, 15) is 4.79 Å². The number of aryl methyl sites for hydroxylation is 1. The number of aromatic nitrogens is 3. The Morgan fingerprint density at radius 1 is 1.26 bits per heavy atom. The molecule has 0 aliphatic carbocycles. The number of nitrogens with two attached hydrogens (primary N) is 1. The van der Waals surface area contributed by atoms with Gasteiger partial charge in [0.25, 0.3) is 0 Å². The van der Waals surface area contributed by atoms with Gasteiger partial charge in [-0.15, -0.1) is 0 Å². The largest absolute Gasteiger partial charge is 0.351 e. The minimum atomic E-state index is -0.458. The van der Waals surface area contributed by atoms with Crippen LogP contribution in [-0.2, 0) is 6.42 Å². The van der Waals surface area contributed by atoms with Crippen molar-refractivity contribution in [2.24, 2.45) is 5.73 Å². The third-order valence-electron chi connectivity index (χ3n) is 3.15. The van der Waals surface area contributed by atoms with Crippen LogP contribution in [0.1, 0.15) is 12.0 Å². The van der Waals surface area contributed by atoms with Gasteiger partial charge in [-0.05, 0) is 24.5 Å². The first-order valence-electron chi connectivity index (χ1n) is 6.08. The van der Waals surface area contributed by atoms with Gasteiger partial charge < -0.3 is 5.73 Å². The predicted molar refractivity (Wildman–Crippen MR) is 70.5 cm³/mol. The summed E-state index contributed by atoms with van der Waals surface area (Å²) in [5.41, 5.74) is 8.05. The molecule has 19 heavy (non-hydrogen) atoms. The lowest BCUT2D eigenvalue weighted by Crippen LogP contribution is -2.40. The summed E-state index contributed by atoms with van der Waals surface area (Å²) >= 11 is 0. The molecule has 2 amide bonds. The van der Waals surface area contributed by atoms with Crippen LogP contribution in [-0.4, -0.2) is 27.5 Å². The SMILES string of the molecule is NC(=O)N1CCCc2cc(-c3cnccn3)cnc21. The maximum absolute atomic E-state index is 11.4. The van der Waals surface area contributed by atoms with Crippen LogP contribution in [0.5, 0.6) is 0 Å². The molecule has 2 N–H and O–H groups in total. The molecule has 3 heterocycles. The molecule has 0 saturated carbocycles. The number of rotatable bonds is 1. The van der Waals surface area contributed by atoms with E-state index in [1.807, 2.05) is 6.07 Å². The van der Waals surface area contributed by atoms with Crippen molar-refractivity contribution in [3.63, 3.8) is 0 Å². The highest BCUT2D eigenvalue weighted by Gasteiger charge is 2.22. The molecule has 0 fully saturated rings. The minimum Gasteiger partial charge on any atom is -0.351 e. The van der Waals surface area contributed by atoms with Crippen molar-refractivity contribution in [2.75, 3.05) is 11.4 Å². The molecule has 2 aromatic rings. The van der Waals surface area contributed by atoms with Crippen molar-refractivity contribution >= 4 is 11.8 Å². The Balaban J connectivity index is 2.03. The third-order valence-corrected chi connectivity index (χ3v) is 3.15. The molecule has 6 nitrogen and oxygen atoms in total. The number of carbonyl (C=O) groups excluding carboxylic acids is 1. The topological polar surface area (TPSA) is 85.0 Å². The highest BCUT2D eigenvalue weighted by molar-refractivity contribution is 5.91. The van der Waals surface area contributed by atoms with E-state index in [0.29, 0.717) is 12.4 Å². The van der Waals surface area contributed by atoms with Gasteiger partial charge in [0.05, 0.1) is 11.9 Å². The van der Waals surface area contributed by atoms with Gasteiger partial charge in [0.1, 0.15) is 5.82 Å². The number of hydrogen-bond acceptors (Lipinski definition) is 4. The molecule has 1 aliphatic heterocycles. The summed E-state index contributed by atoms with van der Waals surface area (Å²) < 4.78 is 0. The average molecular weight is 255 g/mol. The van der Waals surface area contributed by atoms with Crippen LogP contribution in [0.2, 0.25) is 0 Å². The molecule has 96 valence electrons. The Labute approximate surface area is 110 Å². The van der Waals surface area contributed by atoms with Gasteiger partial charge in [0.15, 0.2) is 0 Å². The van der Waals surface area contributed by atoms with Gasteiger partial charge >= 0.3 is 6.03 Å². The van der Waals surface area contributed by atoms with Gasteiger partial charge in [0.2, 0.25) is 0 Å². The third kappa shape index (κ3) is 2.12. The summed E-state index contributed by atoms with van der Waals surface area (Å²) in [6.45, 7) is 0.625. The predicted octanol–water partition coefficient (Wildman–Crippen LogP) is 1.37. The zero-order valence-corrected chi connectivity index (χ0v) is 10.3. The molecule has 0 bridgehead atoms. The number of hydrogen-bond donors (Lipinski definition) is 1. The van der Waals surface area contributed by atoms with Crippen LogP contribution in [0.3, 0.4) is 0 Å². The van der Waals surface area contributed by atoms with Gasteiger partial charge in [-0.1, -0.05) is 0 Å². The van der Waals surface area contributed by atoms with Crippen molar-refractivity contribution in [3.8, 4) is 11.3 Å². The average Bonchev–Trinajstić information content (AvgIpc) is 2.47. The van der Waals surface area contributed by atoms with Crippen molar-refractivity contribution in [2.45, 2.75) is 12.8 Å². The van der Waals surface area contributed by atoms with Gasteiger partial charge in [-0.25, -0.2) is 9.78 Å². The molecule has 0 aromatic carbocycles. The van der Waals surface area contributed by atoms with Crippen LogP contribution < -0.4 is 10.6 Å². The maximum atomic E-state index is 11.4. The number of carbonyl (C=O) groups is 1. The lowest BCUT2D eigenvalue weighted by molar-refractivity contribution is 0.253. The van der Waals surface area contributed by atoms with Gasteiger partial charge in [0, 0.05) is 30.7 Å². The smallest absolute Gasteiger partial charge is 0.320 e. The summed E-state index contributed by atoms with van der Waals surface area (Å²) in [6.07, 6.45) is 8.44. The summed E-state index contributed by atoms with van der Waals surface area (Å²) in [5, 5.41) is 0. The second kappa shape index (κ2) is 4.64. The number of pyridine rings is 1. The van der Waals surface area contributed by atoms with Crippen LogP contribution >= 0.6 is 0 Å². The van der Waals surface area contributed by atoms with Gasteiger partial charge in [-0.2, -0.15) is 0 Å². The normalized spacial score (nSPS) is 14.0.